The van der Waals surface area contributed by atoms with Crippen molar-refractivity contribution in [1.82, 2.24) is 4.57 Å². The van der Waals surface area contributed by atoms with Crippen molar-refractivity contribution in [3.8, 4) is 29.1 Å². The quantitative estimate of drug-likeness (QED) is 0.558. The molecular formula is C27H27N3O5. The molecule has 1 aromatic heterocycles. The number of fused-ring (bicyclic) bond motifs is 1. The number of aryl methyl sites for hydroxylation is 2. The Hall–Kier alpha value is -4.38. The van der Waals surface area contributed by atoms with Gasteiger partial charge in [-0.25, -0.2) is 0 Å². The van der Waals surface area contributed by atoms with Crippen molar-refractivity contribution in [2.45, 2.75) is 25.8 Å². The maximum atomic E-state index is 13.8. The Morgan fingerprint density at radius 1 is 1.03 bits per heavy atom. The van der Waals surface area contributed by atoms with Crippen molar-refractivity contribution in [2.75, 3.05) is 21.3 Å². The van der Waals surface area contributed by atoms with Crippen LogP contribution >= 0.6 is 0 Å². The number of aromatic nitrogens is 1. The second-order valence-electron chi connectivity index (χ2n) is 8.16. The van der Waals surface area contributed by atoms with Gasteiger partial charge in [-0.3, -0.25) is 4.79 Å². The van der Waals surface area contributed by atoms with E-state index in [0.29, 0.717) is 41.3 Å². The molecule has 0 amide bonds. The minimum absolute atomic E-state index is 0.0189. The molecule has 1 aliphatic rings. The lowest BCUT2D eigenvalue weighted by atomic mass is 9.84. The van der Waals surface area contributed by atoms with Gasteiger partial charge in [-0.2, -0.15) is 5.26 Å². The van der Waals surface area contributed by atoms with Gasteiger partial charge in [-0.15, -0.1) is 0 Å². The lowest BCUT2D eigenvalue weighted by Crippen LogP contribution is -2.33. The number of ether oxygens (including phenoxy) is 4. The molecule has 8 nitrogen and oxygen atoms in total. The summed E-state index contributed by atoms with van der Waals surface area (Å²) in [6.45, 7) is 2.31. The number of methoxy groups -OCH3 is 3. The lowest BCUT2D eigenvalue weighted by Gasteiger charge is -2.27. The first kappa shape index (κ1) is 23.8. The van der Waals surface area contributed by atoms with E-state index in [0.717, 1.165) is 17.0 Å². The average molecular weight is 474 g/mol. The third-order valence-corrected chi connectivity index (χ3v) is 6.21. The predicted octanol–water partition coefficient (Wildman–Crippen LogP) is 3.64. The van der Waals surface area contributed by atoms with E-state index in [-0.39, 0.29) is 17.0 Å². The van der Waals surface area contributed by atoms with Crippen LogP contribution in [0.2, 0.25) is 0 Å². The topological polar surface area (TPSA) is 109 Å². The van der Waals surface area contributed by atoms with Gasteiger partial charge in [0.25, 0.3) is 5.56 Å². The molecule has 0 radical (unpaired) electrons. The monoisotopic (exact) mass is 473 g/mol. The number of rotatable bonds is 7. The summed E-state index contributed by atoms with van der Waals surface area (Å²) in [5.41, 5.74) is 8.91. The van der Waals surface area contributed by atoms with Gasteiger partial charge in [0.1, 0.15) is 23.1 Å². The second kappa shape index (κ2) is 9.85. The van der Waals surface area contributed by atoms with Crippen LogP contribution in [-0.2, 0) is 13.0 Å². The van der Waals surface area contributed by atoms with Gasteiger partial charge in [-0.05, 0) is 48.7 Å². The van der Waals surface area contributed by atoms with Gasteiger partial charge < -0.3 is 29.2 Å². The van der Waals surface area contributed by atoms with Gasteiger partial charge in [0.15, 0.2) is 11.5 Å². The van der Waals surface area contributed by atoms with Crippen molar-refractivity contribution >= 4 is 0 Å². The second-order valence-corrected chi connectivity index (χ2v) is 8.16. The van der Waals surface area contributed by atoms with Crippen molar-refractivity contribution in [3.05, 3.63) is 92.7 Å². The SMILES string of the molecule is COc1ccc(CCn2c(C)cc3c(c2=O)C(c2ccc(OC)c(OC)c2)C(C#N)=C(N)O3)cc1. The molecule has 1 atom stereocenters. The fourth-order valence-electron chi connectivity index (χ4n) is 4.36. The summed E-state index contributed by atoms with van der Waals surface area (Å²) in [7, 11) is 4.70. The Morgan fingerprint density at radius 2 is 1.74 bits per heavy atom. The number of nitrogens with two attached hydrogens (primary N) is 1. The van der Waals surface area contributed by atoms with Crippen LogP contribution in [0, 0.1) is 18.3 Å². The Bertz CT molecular complexity index is 1380. The normalized spacial score (nSPS) is 14.5. The van der Waals surface area contributed by atoms with E-state index in [4.69, 9.17) is 24.7 Å². The molecule has 0 spiro atoms. The average Bonchev–Trinajstić information content (AvgIpc) is 2.87. The minimum Gasteiger partial charge on any atom is -0.497 e. The molecule has 2 N–H and O–H groups in total. The Kier molecular flexibility index (Phi) is 6.69. The molecule has 0 fully saturated rings. The van der Waals surface area contributed by atoms with E-state index < -0.39 is 5.92 Å². The summed E-state index contributed by atoms with van der Waals surface area (Å²) in [6, 6.07) is 17.0. The summed E-state index contributed by atoms with van der Waals surface area (Å²) < 4.78 is 23.5. The molecule has 35 heavy (non-hydrogen) atoms. The van der Waals surface area contributed by atoms with Gasteiger partial charge in [-0.1, -0.05) is 18.2 Å². The smallest absolute Gasteiger partial charge is 0.258 e. The predicted molar refractivity (Wildman–Crippen MR) is 131 cm³/mol. The number of benzene rings is 2. The molecule has 0 saturated carbocycles. The Balaban J connectivity index is 1.80. The van der Waals surface area contributed by atoms with Crippen LogP contribution in [0.3, 0.4) is 0 Å². The Morgan fingerprint density at radius 3 is 2.37 bits per heavy atom. The first-order chi connectivity index (χ1) is 16.9. The van der Waals surface area contributed by atoms with Crippen LogP contribution in [0.15, 0.2) is 64.8 Å². The zero-order valence-corrected chi connectivity index (χ0v) is 20.1. The molecule has 4 rings (SSSR count). The number of allylic oxidation sites excluding steroid dienone is 1. The number of nitriles is 1. The van der Waals surface area contributed by atoms with Gasteiger partial charge in [0, 0.05) is 18.3 Å². The number of pyridine rings is 1. The van der Waals surface area contributed by atoms with E-state index in [1.54, 1.807) is 43.1 Å². The van der Waals surface area contributed by atoms with Crippen molar-refractivity contribution in [3.63, 3.8) is 0 Å². The van der Waals surface area contributed by atoms with Crippen LogP contribution in [0.4, 0.5) is 0 Å². The van der Waals surface area contributed by atoms with Crippen LogP contribution < -0.4 is 30.2 Å². The molecule has 1 unspecified atom stereocenters. The molecule has 0 saturated heterocycles. The molecule has 3 aromatic rings. The van der Waals surface area contributed by atoms with Crippen LogP contribution in [-0.4, -0.2) is 25.9 Å². The van der Waals surface area contributed by atoms with Crippen molar-refractivity contribution in [2.24, 2.45) is 5.73 Å². The highest BCUT2D eigenvalue weighted by molar-refractivity contribution is 5.57. The van der Waals surface area contributed by atoms with Crippen molar-refractivity contribution in [1.29, 1.82) is 5.26 Å². The number of hydrogen-bond acceptors (Lipinski definition) is 7. The largest absolute Gasteiger partial charge is 0.497 e. The van der Waals surface area contributed by atoms with Crippen molar-refractivity contribution < 1.29 is 18.9 Å². The highest BCUT2D eigenvalue weighted by atomic mass is 16.5. The van der Waals surface area contributed by atoms with Gasteiger partial charge >= 0.3 is 0 Å². The summed E-state index contributed by atoms with van der Waals surface area (Å²) in [5.74, 6) is 1.43. The van der Waals surface area contributed by atoms with Crippen LogP contribution in [0.5, 0.6) is 23.0 Å². The molecule has 0 bridgehead atoms. The molecule has 2 aromatic carbocycles. The zero-order valence-electron chi connectivity index (χ0n) is 20.1. The zero-order chi connectivity index (χ0) is 25.1. The molecular weight excluding hydrogens is 446 g/mol. The van der Waals surface area contributed by atoms with Crippen LogP contribution in [0.25, 0.3) is 0 Å². The maximum Gasteiger partial charge on any atom is 0.258 e. The first-order valence-electron chi connectivity index (χ1n) is 11.1. The minimum atomic E-state index is -0.705. The highest BCUT2D eigenvalue weighted by Gasteiger charge is 2.34. The van der Waals surface area contributed by atoms with Gasteiger partial charge in [0.05, 0.1) is 32.8 Å². The molecule has 1 aliphatic heterocycles. The first-order valence-corrected chi connectivity index (χ1v) is 11.1. The molecule has 180 valence electrons. The lowest BCUT2D eigenvalue weighted by molar-refractivity contribution is 0.354. The van der Waals surface area contributed by atoms with E-state index in [9.17, 15) is 10.1 Å². The fraction of sp³-hybridized carbons (Fsp3) is 0.259. The number of hydrogen-bond donors (Lipinski definition) is 1. The highest BCUT2D eigenvalue weighted by Crippen LogP contribution is 2.42. The summed E-state index contributed by atoms with van der Waals surface area (Å²) in [4.78, 5) is 13.8. The summed E-state index contributed by atoms with van der Waals surface area (Å²) in [5, 5.41) is 9.91. The van der Waals surface area contributed by atoms with E-state index in [1.165, 1.54) is 7.11 Å². The number of nitrogens with zero attached hydrogens (tertiary/aromatic N) is 2. The molecule has 0 aliphatic carbocycles. The molecule has 2 heterocycles. The fourth-order valence-corrected chi connectivity index (χ4v) is 4.36. The van der Waals surface area contributed by atoms with Gasteiger partial charge in [0.2, 0.25) is 5.88 Å². The van der Waals surface area contributed by atoms with E-state index in [2.05, 4.69) is 6.07 Å². The molecule has 8 heteroatoms. The van der Waals surface area contributed by atoms with E-state index >= 15 is 0 Å². The standard InChI is InChI=1S/C27H27N3O5/c1-16-13-23-25(27(31)30(16)12-11-17-5-8-19(32-2)9-6-17)24(20(15-28)26(29)35-23)18-7-10-21(33-3)22(14-18)34-4/h5-10,13-14,24H,11-12,29H2,1-4H3. The maximum absolute atomic E-state index is 13.8. The van der Waals surface area contributed by atoms with E-state index in [1.807, 2.05) is 31.2 Å². The summed E-state index contributed by atoms with van der Waals surface area (Å²) >= 11 is 0. The van der Waals surface area contributed by atoms with Crippen LogP contribution in [0.1, 0.15) is 28.3 Å². The third kappa shape index (κ3) is 4.41. The Labute approximate surface area is 203 Å². The third-order valence-electron chi connectivity index (χ3n) is 6.21. The summed E-state index contributed by atoms with van der Waals surface area (Å²) in [6.07, 6.45) is 0.647.